The zero-order chi connectivity index (χ0) is 12.3. The first-order valence-electron chi connectivity index (χ1n) is 5.99. The molecular formula is C12H18N4O. The van der Waals surface area contributed by atoms with Crippen LogP contribution in [0.2, 0.25) is 0 Å². The predicted octanol–water partition coefficient (Wildman–Crippen LogP) is 0.854. The number of carbonyl (C=O) groups is 1. The third-order valence-corrected chi connectivity index (χ3v) is 3.23. The molecule has 2 N–H and O–H groups in total. The Bertz CT molecular complexity index is 399. The third kappa shape index (κ3) is 2.79. The molecule has 5 heteroatoms. The summed E-state index contributed by atoms with van der Waals surface area (Å²) in [6, 6.07) is 1.65. The molecule has 1 aromatic heterocycles. The Morgan fingerprint density at radius 3 is 2.82 bits per heavy atom. The van der Waals surface area contributed by atoms with E-state index >= 15 is 0 Å². The first-order valence-corrected chi connectivity index (χ1v) is 5.99. The second-order valence-corrected chi connectivity index (χ2v) is 4.46. The van der Waals surface area contributed by atoms with Crippen molar-refractivity contribution in [2.45, 2.75) is 19.8 Å². The first kappa shape index (κ1) is 12.0. The van der Waals surface area contributed by atoms with Gasteiger partial charge in [-0.25, -0.2) is 9.97 Å². The van der Waals surface area contributed by atoms with Gasteiger partial charge in [0.2, 0.25) is 5.95 Å². The Labute approximate surface area is 101 Å². The molecule has 1 saturated heterocycles. The van der Waals surface area contributed by atoms with Crippen molar-refractivity contribution in [3.63, 3.8) is 0 Å². The number of rotatable bonds is 3. The zero-order valence-electron chi connectivity index (χ0n) is 10.1. The molecule has 0 amide bonds. The maximum atomic E-state index is 11.3. The van der Waals surface area contributed by atoms with Gasteiger partial charge in [0.15, 0.2) is 5.78 Å². The summed E-state index contributed by atoms with van der Waals surface area (Å²) in [6.07, 6.45) is 3.79. The molecule has 2 heterocycles. The van der Waals surface area contributed by atoms with Crippen LogP contribution >= 0.6 is 0 Å². The summed E-state index contributed by atoms with van der Waals surface area (Å²) in [5.41, 5.74) is 6.14. The second-order valence-electron chi connectivity index (χ2n) is 4.46. The van der Waals surface area contributed by atoms with Gasteiger partial charge in [-0.15, -0.1) is 0 Å². The number of aromatic nitrogens is 2. The molecule has 0 atom stereocenters. The van der Waals surface area contributed by atoms with Gasteiger partial charge >= 0.3 is 0 Å². The van der Waals surface area contributed by atoms with E-state index in [1.165, 1.54) is 6.92 Å². The highest BCUT2D eigenvalue weighted by atomic mass is 16.1. The summed E-state index contributed by atoms with van der Waals surface area (Å²) in [5.74, 6) is 1.25. The lowest BCUT2D eigenvalue weighted by atomic mass is 9.97. The van der Waals surface area contributed by atoms with Gasteiger partial charge in [0, 0.05) is 26.2 Å². The number of carbonyl (C=O) groups excluding carboxylic acids is 1. The van der Waals surface area contributed by atoms with Gasteiger partial charge in [0.1, 0.15) is 5.69 Å². The first-order chi connectivity index (χ1) is 8.20. The lowest BCUT2D eigenvalue weighted by Gasteiger charge is -2.31. The molecule has 0 radical (unpaired) electrons. The average molecular weight is 234 g/mol. The molecule has 5 nitrogen and oxygen atoms in total. The van der Waals surface area contributed by atoms with Crippen molar-refractivity contribution in [3.8, 4) is 0 Å². The zero-order valence-corrected chi connectivity index (χ0v) is 10.1. The van der Waals surface area contributed by atoms with E-state index < -0.39 is 0 Å². The molecule has 1 aromatic rings. The van der Waals surface area contributed by atoms with E-state index in [2.05, 4.69) is 14.9 Å². The molecule has 1 aliphatic rings. The van der Waals surface area contributed by atoms with E-state index in [-0.39, 0.29) is 5.78 Å². The van der Waals surface area contributed by atoms with Crippen LogP contribution < -0.4 is 10.6 Å². The standard InChI is InChI=1S/C12H18N4O/c1-9(17)11-2-5-14-12(15-11)16-6-3-10(8-13)4-7-16/h2,5,10H,3-4,6-8,13H2,1H3. The van der Waals surface area contributed by atoms with Crippen molar-refractivity contribution in [2.24, 2.45) is 11.7 Å². The molecule has 1 fully saturated rings. The van der Waals surface area contributed by atoms with Crippen molar-refractivity contribution in [1.82, 2.24) is 9.97 Å². The van der Waals surface area contributed by atoms with E-state index in [4.69, 9.17) is 5.73 Å². The molecule has 17 heavy (non-hydrogen) atoms. The predicted molar refractivity (Wildman–Crippen MR) is 66.0 cm³/mol. The number of anilines is 1. The highest BCUT2D eigenvalue weighted by molar-refractivity contribution is 5.92. The quantitative estimate of drug-likeness (QED) is 0.785. The Morgan fingerprint density at radius 2 is 2.24 bits per heavy atom. The maximum Gasteiger partial charge on any atom is 0.225 e. The summed E-state index contributed by atoms with van der Waals surface area (Å²) in [6.45, 7) is 4.11. The fraction of sp³-hybridized carbons (Fsp3) is 0.583. The number of Topliss-reactive ketones (excluding diaryl/α,β-unsaturated/α-hetero) is 1. The fourth-order valence-electron chi connectivity index (χ4n) is 2.07. The van der Waals surface area contributed by atoms with Crippen LogP contribution in [-0.2, 0) is 0 Å². The molecule has 0 aliphatic carbocycles. The Kier molecular flexibility index (Phi) is 3.68. The topological polar surface area (TPSA) is 72.1 Å². The molecule has 0 saturated carbocycles. The summed E-state index contributed by atoms with van der Waals surface area (Å²) < 4.78 is 0. The van der Waals surface area contributed by atoms with Crippen molar-refractivity contribution in [2.75, 3.05) is 24.5 Å². The van der Waals surface area contributed by atoms with Crippen LogP contribution in [0.3, 0.4) is 0 Å². The van der Waals surface area contributed by atoms with Crippen molar-refractivity contribution >= 4 is 11.7 Å². The third-order valence-electron chi connectivity index (χ3n) is 3.23. The van der Waals surface area contributed by atoms with Gasteiger partial charge in [0.25, 0.3) is 0 Å². The Hall–Kier alpha value is -1.49. The van der Waals surface area contributed by atoms with E-state index in [1.54, 1.807) is 12.3 Å². The van der Waals surface area contributed by atoms with Gasteiger partial charge in [-0.3, -0.25) is 4.79 Å². The Balaban J connectivity index is 2.08. The molecule has 0 unspecified atom stereocenters. The van der Waals surface area contributed by atoms with Gasteiger partial charge in [-0.1, -0.05) is 0 Å². The van der Waals surface area contributed by atoms with E-state index in [0.717, 1.165) is 32.5 Å². The van der Waals surface area contributed by atoms with E-state index in [9.17, 15) is 4.79 Å². The van der Waals surface area contributed by atoms with Crippen molar-refractivity contribution in [1.29, 1.82) is 0 Å². The van der Waals surface area contributed by atoms with Crippen molar-refractivity contribution < 1.29 is 4.79 Å². The maximum absolute atomic E-state index is 11.3. The monoisotopic (exact) mass is 234 g/mol. The molecule has 2 rings (SSSR count). The van der Waals surface area contributed by atoms with E-state index in [0.29, 0.717) is 17.6 Å². The molecule has 0 spiro atoms. The number of hydrogen-bond acceptors (Lipinski definition) is 5. The van der Waals surface area contributed by atoms with Crippen LogP contribution in [0.4, 0.5) is 5.95 Å². The molecule has 92 valence electrons. The minimum Gasteiger partial charge on any atom is -0.341 e. The minimum atomic E-state index is -0.0227. The van der Waals surface area contributed by atoms with Gasteiger partial charge in [-0.2, -0.15) is 0 Å². The number of piperidine rings is 1. The second kappa shape index (κ2) is 5.23. The largest absolute Gasteiger partial charge is 0.341 e. The summed E-state index contributed by atoms with van der Waals surface area (Å²) in [7, 11) is 0. The van der Waals surface area contributed by atoms with Crippen molar-refractivity contribution in [3.05, 3.63) is 18.0 Å². The SMILES string of the molecule is CC(=O)c1ccnc(N2CCC(CN)CC2)n1. The van der Waals surface area contributed by atoms with Gasteiger partial charge < -0.3 is 10.6 Å². The van der Waals surface area contributed by atoms with Gasteiger partial charge in [-0.05, 0) is 31.4 Å². The average Bonchev–Trinajstić information content (AvgIpc) is 2.39. The fourth-order valence-corrected chi connectivity index (χ4v) is 2.07. The number of nitrogens with two attached hydrogens (primary N) is 1. The summed E-state index contributed by atoms with van der Waals surface area (Å²) in [4.78, 5) is 21.9. The Morgan fingerprint density at radius 1 is 1.53 bits per heavy atom. The molecule has 1 aliphatic heterocycles. The highest BCUT2D eigenvalue weighted by Gasteiger charge is 2.20. The molecule has 0 bridgehead atoms. The lowest BCUT2D eigenvalue weighted by molar-refractivity contribution is 0.101. The number of nitrogens with zero attached hydrogens (tertiary/aromatic N) is 3. The van der Waals surface area contributed by atoms with Crippen LogP contribution in [-0.4, -0.2) is 35.4 Å². The van der Waals surface area contributed by atoms with Gasteiger partial charge in [0.05, 0.1) is 0 Å². The molecular weight excluding hydrogens is 216 g/mol. The van der Waals surface area contributed by atoms with E-state index in [1.807, 2.05) is 0 Å². The smallest absolute Gasteiger partial charge is 0.225 e. The van der Waals surface area contributed by atoms with Crippen LogP contribution in [0.1, 0.15) is 30.3 Å². The van der Waals surface area contributed by atoms with Crippen LogP contribution in [0.25, 0.3) is 0 Å². The number of hydrogen-bond donors (Lipinski definition) is 1. The summed E-state index contributed by atoms with van der Waals surface area (Å²) in [5, 5.41) is 0. The van der Waals surface area contributed by atoms with Crippen LogP contribution in [0.5, 0.6) is 0 Å². The minimum absolute atomic E-state index is 0.0227. The summed E-state index contributed by atoms with van der Waals surface area (Å²) >= 11 is 0. The normalized spacial score (nSPS) is 17.2. The van der Waals surface area contributed by atoms with Crippen LogP contribution in [0, 0.1) is 5.92 Å². The number of ketones is 1. The lowest BCUT2D eigenvalue weighted by Crippen LogP contribution is -2.37. The highest BCUT2D eigenvalue weighted by Crippen LogP contribution is 2.19. The molecule has 0 aromatic carbocycles. The van der Waals surface area contributed by atoms with Crippen LogP contribution in [0.15, 0.2) is 12.3 Å².